The van der Waals surface area contributed by atoms with E-state index in [1.54, 1.807) is 29.7 Å². The van der Waals surface area contributed by atoms with Crippen LogP contribution in [0.3, 0.4) is 0 Å². The molecule has 0 saturated heterocycles. The summed E-state index contributed by atoms with van der Waals surface area (Å²) >= 11 is 1.73. The minimum Gasteiger partial charge on any atom is -0.435 e. The smallest absolute Gasteiger partial charge is 0.387 e. The van der Waals surface area contributed by atoms with Gasteiger partial charge in [-0.05, 0) is 61.6 Å². The van der Waals surface area contributed by atoms with Gasteiger partial charge in [-0.15, -0.1) is 11.3 Å². The van der Waals surface area contributed by atoms with Gasteiger partial charge in [0.25, 0.3) is 0 Å². The van der Waals surface area contributed by atoms with E-state index in [0.29, 0.717) is 11.6 Å². The molecule has 2 aromatic heterocycles. The zero-order valence-corrected chi connectivity index (χ0v) is 14.8. The number of benzene rings is 1. The van der Waals surface area contributed by atoms with Gasteiger partial charge in [0.15, 0.2) is 5.82 Å². The third-order valence-electron chi connectivity index (χ3n) is 4.17. The average molecular weight is 374 g/mol. The molecular weight excluding hydrogens is 358 g/mol. The van der Waals surface area contributed by atoms with E-state index in [-0.39, 0.29) is 5.75 Å². The van der Waals surface area contributed by atoms with Crippen LogP contribution in [0.2, 0.25) is 0 Å². The van der Waals surface area contributed by atoms with E-state index in [4.69, 9.17) is 0 Å². The number of alkyl halides is 2. The number of fused-ring (bicyclic) bond motifs is 3. The van der Waals surface area contributed by atoms with Crippen molar-refractivity contribution in [2.24, 2.45) is 5.10 Å². The van der Waals surface area contributed by atoms with Gasteiger partial charge in [0.2, 0.25) is 0 Å². The van der Waals surface area contributed by atoms with Crippen molar-refractivity contribution in [3.05, 3.63) is 46.1 Å². The molecule has 0 amide bonds. The van der Waals surface area contributed by atoms with E-state index in [9.17, 15) is 8.78 Å². The molecule has 0 aliphatic heterocycles. The molecule has 1 N–H and O–H groups in total. The largest absolute Gasteiger partial charge is 0.435 e. The highest BCUT2D eigenvalue weighted by Crippen LogP contribution is 2.39. The third kappa shape index (κ3) is 3.37. The van der Waals surface area contributed by atoms with Crippen molar-refractivity contribution in [2.75, 3.05) is 5.43 Å². The molecule has 0 bridgehead atoms. The molecule has 134 valence electrons. The SMILES string of the molecule is Cc1nc(NN=Cc2ccc(OC(F)F)cc2)c2c3c(sc2n1)CCC3. The van der Waals surface area contributed by atoms with Crippen molar-refractivity contribution in [3.63, 3.8) is 0 Å². The molecule has 3 aromatic rings. The minimum absolute atomic E-state index is 0.118. The number of ether oxygens (including phenoxy) is 1. The van der Waals surface area contributed by atoms with Crippen LogP contribution >= 0.6 is 11.3 Å². The number of aryl methyl sites for hydroxylation is 3. The molecule has 1 aromatic carbocycles. The van der Waals surface area contributed by atoms with Gasteiger partial charge in [-0.25, -0.2) is 9.97 Å². The highest BCUT2D eigenvalue weighted by Gasteiger charge is 2.21. The number of halogens is 2. The van der Waals surface area contributed by atoms with Crippen LogP contribution in [-0.2, 0) is 12.8 Å². The van der Waals surface area contributed by atoms with Gasteiger partial charge < -0.3 is 4.74 Å². The first-order chi connectivity index (χ1) is 12.6. The molecule has 8 heteroatoms. The number of thiophene rings is 1. The van der Waals surface area contributed by atoms with Gasteiger partial charge in [-0.1, -0.05) is 0 Å². The van der Waals surface area contributed by atoms with Gasteiger partial charge in [-0.2, -0.15) is 13.9 Å². The Labute approximate surface area is 152 Å². The van der Waals surface area contributed by atoms with Crippen LogP contribution in [0.5, 0.6) is 5.75 Å². The summed E-state index contributed by atoms with van der Waals surface area (Å²) in [4.78, 5) is 11.4. The van der Waals surface area contributed by atoms with Gasteiger partial charge >= 0.3 is 6.61 Å². The minimum atomic E-state index is -2.83. The van der Waals surface area contributed by atoms with Crippen molar-refractivity contribution in [3.8, 4) is 5.75 Å². The third-order valence-corrected chi connectivity index (χ3v) is 5.35. The Bertz CT molecular complexity index is 969. The first kappa shape index (κ1) is 16.8. The summed E-state index contributed by atoms with van der Waals surface area (Å²) in [6.07, 6.45) is 4.93. The van der Waals surface area contributed by atoms with Crippen molar-refractivity contribution < 1.29 is 13.5 Å². The molecule has 0 saturated carbocycles. The number of rotatable bonds is 5. The van der Waals surface area contributed by atoms with Crippen molar-refractivity contribution in [1.82, 2.24) is 9.97 Å². The first-order valence-electron chi connectivity index (χ1n) is 8.23. The summed E-state index contributed by atoms with van der Waals surface area (Å²) in [5, 5.41) is 5.31. The van der Waals surface area contributed by atoms with Crippen LogP contribution < -0.4 is 10.2 Å². The quantitative estimate of drug-likeness (QED) is 0.526. The van der Waals surface area contributed by atoms with E-state index in [1.165, 1.54) is 29.0 Å². The summed E-state index contributed by atoms with van der Waals surface area (Å²) in [6.45, 7) is -0.965. The Balaban J connectivity index is 1.55. The summed E-state index contributed by atoms with van der Waals surface area (Å²) in [7, 11) is 0. The van der Waals surface area contributed by atoms with E-state index >= 15 is 0 Å². The Hall–Kier alpha value is -2.61. The zero-order chi connectivity index (χ0) is 18.1. The fourth-order valence-corrected chi connectivity index (χ4v) is 4.39. The lowest BCUT2D eigenvalue weighted by molar-refractivity contribution is -0.0498. The van der Waals surface area contributed by atoms with Gasteiger partial charge in [0, 0.05) is 4.88 Å². The average Bonchev–Trinajstić information content (AvgIpc) is 3.16. The second-order valence-electron chi connectivity index (χ2n) is 5.97. The van der Waals surface area contributed by atoms with Gasteiger partial charge in [0.1, 0.15) is 16.4 Å². The molecule has 0 radical (unpaired) electrons. The summed E-state index contributed by atoms with van der Waals surface area (Å²) in [5.41, 5.74) is 5.10. The van der Waals surface area contributed by atoms with E-state index in [1.807, 2.05) is 6.92 Å². The Kier molecular flexibility index (Phi) is 4.50. The number of anilines is 1. The van der Waals surface area contributed by atoms with Crippen LogP contribution in [-0.4, -0.2) is 22.8 Å². The Morgan fingerprint density at radius 2 is 2.04 bits per heavy atom. The second kappa shape index (κ2) is 6.95. The number of hydrazone groups is 1. The summed E-state index contributed by atoms with van der Waals surface area (Å²) < 4.78 is 28.7. The summed E-state index contributed by atoms with van der Waals surface area (Å²) in [5.74, 6) is 1.52. The lowest BCUT2D eigenvalue weighted by Crippen LogP contribution is -2.01. The van der Waals surface area contributed by atoms with E-state index in [0.717, 1.165) is 28.6 Å². The number of nitrogens with zero attached hydrogens (tertiary/aromatic N) is 3. The zero-order valence-electron chi connectivity index (χ0n) is 14.0. The first-order valence-corrected chi connectivity index (χ1v) is 9.04. The molecule has 0 fully saturated rings. The van der Waals surface area contributed by atoms with Crippen LogP contribution in [0.1, 0.15) is 28.2 Å². The normalized spacial score (nSPS) is 13.7. The second-order valence-corrected chi connectivity index (χ2v) is 7.06. The highest BCUT2D eigenvalue weighted by molar-refractivity contribution is 7.19. The molecule has 0 unspecified atom stereocenters. The van der Waals surface area contributed by atoms with E-state index in [2.05, 4.69) is 25.2 Å². The molecule has 5 nitrogen and oxygen atoms in total. The predicted octanol–water partition coefficient (Wildman–Crippen LogP) is 4.54. The molecule has 1 aliphatic rings. The number of aromatic nitrogens is 2. The summed E-state index contributed by atoms with van der Waals surface area (Å²) in [6, 6.07) is 6.27. The molecule has 4 rings (SSSR count). The molecule has 26 heavy (non-hydrogen) atoms. The maximum atomic E-state index is 12.2. The maximum absolute atomic E-state index is 12.2. The fraction of sp³-hybridized carbons (Fsp3) is 0.278. The predicted molar refractivity (Wildman–Crippen MR) is 98.5 cm³/mol. The van der Waals surface area contributed by atoms with Crippen molar-refractivity contribution in [1.29, 1.82) is 0 Å². The van der Waals surface area contributed by atoms with Crippen molar-refractivity contribution in [2.45, 2.75) is 32.8 Å². The van der Waals surface area contributed by atoms with Gasteiger partial charge in [-0.3, -0.25) is 5.43 Å². The van der Waals surface area contributed by atoms with E-state index < -0.39 is 6.61 Å². The lowest BCUT2D eigenvalue weighted by atomic mass is 10.2. The molecular formula is C18H16F2N4OS. The Morgan fingerprint density at radius 3 is 2.81 bits per heavy atom. The topological polar surface area (TPSA) is 59.4 Å². The monoisotopic (exact) mass is 374 g/mol. The molecule has 2 heterocycles. The molecule has 0 atom stereocenters. The highest BCUT2D eigenvalue weighted by atomic mass is 32.1. The number of hydrogen-bond acceptors (Lipinski definition) is 6. The Morgan fingerprint density at radius 1 is 1.23 bits per heavy atom. The molecule has 1 aliphatic carbocycles. The maximum Gasteiger partial charge on any atom is 0.387 e. The lowest BCUT2D eigenvalue weighted by Gasteiger charge is -2.05. The van der Waals surface area contributed by atoms with Crippen LogP contribution in [0, 0.1) is 6.92 Å². The number of nitrogens with one attached hydrogen (secondary N) is 1. The van der Waals surface area contributed by atoms with Crippen LogP contribution in [0.25, 0.3) is 10.2 Å². The van der Waals surface area contributed by atoms with Crippen molar-refractivity contribution >= 4 is 33.6 Å². The molecule has 0 spiro atoms. The fourth-order valence-electron chi connectivity index (χ4n) is 3.09. The standard InChI is InChI=1S/C18H16F2N4OS/c1-10-22-16(15-13-3-2-4-14(13)26-17(15)23-10)24-21-9-11-5-7-12(8-6-11)25-18(19)20/h5-9,18H,2-4H2,1H3,(H,22,23,24). The van der Waals surface area contributed by atoms with Crippen LogP contribution in [0.15, 0.2) is 29.4 Å². The van der Waals surface area contributed by atoms with Gasteiger partial charge in [0.05, 0.1) is 11.6 Å². The number of hydrogen-bond donors (Lipinski definition) is 1. The van der Waals surface area contributed by atoms with Crippen LogP contribution in [0.4, 0.5) is 14.6 Å².